The van der Waals surface area contributed by atoms with Gasteiger partial charge in [-0.1, -0.05) is 66.7 Å². The number of rotatable bonds is 6. The summed E-state index contributed by atoms with van der Waals surface area (Å²) in [6.45, 7) is 4.01. The summed E-state index contributed by atoms with van der Waals surface area (Å²) >= 11 is 0. The Hall–Kier alpha value is -3.60. The van der Waals surface area contributed by atoms with Gasteiger partial charge in [-0.15, -0.1) is 0 Å². The van der Waals surface area contributed by atoms with Crippen molar-refractivity contribution in [2.75, 3.05) is 6.61 Å². The van der Waals surface area contributed by atoms with E-state index in [0.29, 0.717) is 0 Å². The van der Waals surface area contributed by atoms with E-state index in [2.05, 4.69) is 29.6 Å². The van der Waals surface area contributed by atoms with E-state index >= 15 is 0 Å². The molecule has 0 saturated carbocycles. The lowest BCUT2D eigenvalue weighted by Gasteiger charge is -2.22. The third-order valence-corrected chi connectivity index (χ3v) is 5.91. The molecule has 0 aromatic heterocycles. The molecule has 0 saturated heterocycles. The van der Waals surface area contributed by atoms with Crippen molar-refractivity contribution >= 4 is 12.1 Å². The van der Waals surface area contributed by atoms with Gasteiger partial charge >= 0.3 is 12.1 Å². The number of aryl methyl sites for hydroxylation is 2. The summed E-state index contributed by atoms with van der Waals surface area (Å²) in [5, 5.41) is 12.1. The molecule has 1 aliphatic rings. The monoisotopic (exact) mass is 415 g/mol. The fourth-order valence-electron chi connectivity index (χ4n) is 4.56. The first-order chi connectivity index (χ1) is 15.0. The SMILES string of the molecule is Cc1cccc(C)c1[C@H](CC(=O)O)NC(=O)OCC1c2ccccc2-c2ccccc21. The van der Waals surface area contributed by atoms with Crippen molar-refractivity contribution < 1.29 is 19.4 Å². The van der Waals surface area contributed by atoms with Gasteiger partial charge < -0.3 is 15.2 Å². The first kappa shape index (κ1) is 20.7. The summed E-state index contributed by atoms with van der Waals surface area (Å²) in [6.07, 6.45) is -0.827. The molecule has 1 atom stereocenters. The minimum Gasteiger partial charge on any atom is -0.481 e. The molecular weight excluding hydrogens is 390 g/mol. The molecule has 158 valence electrons. The Kier molecular flexibility index (Phi) is 5.76. The van der Waals surface area contributed by atoms with Crippen molar-refractivity contribution in [2.45, 2.75) is 32.2 Å². The highest BCUT2D eigenvalue weighted by Gasteiger charge is 2.29. The minimum absolute atomic E-state index is 0.0451. The molecule has 5 heteroatoms. The Morgan fingerprint density at radius 2 is 1.45 bits per heavy atom. The predicted octanol–water partition coefficient (Wildman–Crippen LogP) is 5.36. The fraction of sp³-hybridized carbons (Fsp3) is 0.231. The van der Waals surface area contributed by atoms with E-state index in [1.807, 2.05) is 56.3 Å². The predicted molar refractivity (Wildman–Crippen MR) is 119 cm³/mol. The first-order valence-corrected chi connectivity index (χ1v) is 10.3. The van der Waals surface area contributed by atoms with Crippen LogP contribution in [0.2, 0.25) is 0 Å². The third-order valence-electron chi connectivity index (χ3n) is 5.91. The number of amides is 1. The smallest absolute Gasteiger partial charge is 0.407 e. The summed E-state index contributed by atoms with van der Waals surface area (Å²) in [4.78, 5) is 24.1. The Morgan fingerprint density at radius 3 is 2.00 bits per heavy atom. The van der Waals surface area contributed by atoms with Crippen LogP contribution in [0.25, 0.3) is 11.1 Å². The van der Waals surface area contributed by atoms with Crippen LogP contribution in [0.1, 0.15) is 46.2 Å². The Labute approximate surface area is 181 Å². The lowest BCUT2D eigenvalue weighted by atomic mass is 9.94. The maximum atomic E-state index is 12.7. The molecule has 1 aliphatic carbocycles. The van der Waals surface area contributed by atoms with Crippen molar-refractivity contribution in [1.82, 2.24) is 5.32 Å². The highest BCUT2D eigenvalue weighted by Crippen LogP contribution is 2.44. The first-order valence-electron chi connectivity index (χ1n) is 10.3. The molecular formula is C26H25NO4. The summed E-state index contributed by atoms with van der Waals surface area (Å²) < 4.78 is 5.61. The molecule has 1 amide bonds. The summed E-state index contributed by atoms with van der Waals surface area (Å²) in [7, 11) is 0. The molecule has 0 radical (unpaired) electrons. The van der Waals surface area contributed by atoms with Gasteiger partial charge in [0.25, 0.3) is 0 Å². The highest BCUT2D eigenvalue weighted by molar-refractivity contribution is 5.79. The number of aliphatic carboxylic acids is 1. The van der Waals surface area contributed by atoms with E-state index < -0.39 is 18.1 Å². The molecule has 0 fully saturated rings. The Bertz CT molecular complexity index is 1070. The molecule has 0 spiro atoms. The number of carbonyl (C=O) groups is 2. The normalized spacial score (nSPS) is 13.2. The highest BCUT2D eigenvalue weighted by atomic mass is 16.5. The van der Waals surface area contributed by atoms with Gasteiger partial charge in [-0.25, -0.2) is 4.79 Å². The van der Waals surface area contributed by atoms with Crippen molar-refractivity contribution in [2.24, 2.45) is 0 Å². The summed E-state index contributed by atoms with van der Waals surface area (Å²) in [5.41, 5.74) is 7.27. The summed E-state index contributed by atoms with van der Waals surface area (Å²) in [6, 6.07) is 21.4. The molecule has 0 bridgehead atoms. The van der Waals surface area contributed by atoms with Gasteiger partial charge in [-0.05, 0) is 52.8 Å². The number of fused-ring (bicyclic) bond motifs is 3. The van der Waals surface area contributed by atoms with Crippen LogP contribution in [0, 0.1) is 13.8 Å². The summed E-state index contributed by atoms with van der Waals surface area (Å²) in [5.74, 6) is -1.03. The number of carboxylic acids is 1. The second-order valence-electron chi connectivity index (χ2n) is 7.93. The van der Waals surface area contributed by atoms with E-state index in [4.69, 9.17) is 4.74 Å². The number of carboxylic acid groups (broad SMARTS) is 1. The zero-order valence-electron chi connectivity index (χ0n) is 17.6. The average molecular weight is 415 g/mol. The molecule has 0 aliphatic heterocycles. The quantitative estimate of drug-likeness (QED) is 0.568. The number of hydrogen-bond donors (Lipinski definition) is 2. The molecule has 3 aromatic rings. The standard InChI is InChI=1S/C26H25NO4/c1-16-8-7-9-17(2)25(16)23(14-24(28)29)27-26(30)31-15-22-20-12-5-3-10-18(20)19-11-4-6-13-21(19)22/h3-13,22-23H,14-15H2,1-2H3,(H,27,30)(H,28,29)/t23-/m0/s1. The average Bonchev–Trinajstić information content (AvgIpc) is 3.05. The number of hydrogen-bond acceptors (Lipinski definition) is 3. The lowest BCUT2D eigenvalue weighted by Crippen LogP contribution is -2.32. The molecule has 5 nitrogen and oxygen atoms in total. The number of ether oxygens (including phenoxy) is 1. The third kappa shape index (κ3) is 4.17. The van der Waals surface area contributed by atoms with Gasteiger partial charge in [-0.3, -0.25) is 4.79 Å². The van der Waals surface area contributed by atoms with Crippen molar-refractivity contribution in [3.63, 3.8) is 0 Å². The van der Waals surface area contributed by atoms with E-state index in [1.165, 1.54) is 0 Å². The Morgan fingerprint density at radius 1 is 0.903 bits per heavy atom. The van der Waals surface area contributed by atoms with E-state index in [1.54, 1.807) is 0 Å². The van der Waals surface area contributed by atoms with Crippen molar-refractivity contribution in [3.05, 3.63) is 94.5 Å². The molecule has 0 heterocycles. The van der Waals surface area contributed by atoms with E-state index in [0.717, 1.165) is 38.9 Å². The van der Waals surface area contributed by atoms with Crippen molar-refractivity contribution in [1.29, 1.82) is 0 Å². The van der Waals surface area contributed by atoms with E-state index in [-0.39, 0.29) is 18.9 Å². The number of benzene rings is 3. The van der Waals surface area contributed by atoms with Crippen LogP contribution in [0.4, 0.5) is 4.79 Å². The van der Waals surface area contributed by atoms with Crippen LogP contribution in [0.15, 0.2) is 66.7 Å². The van der Waals surface area contributed by atoms with Crippen LogP contribution >= 0.6 is 0 Å². The second-order valence-corrected chi connectivity index (χ2v) is 7.93. The molecule has 31 heavy (non-hydrogen) atoms. The van der Waals surface area contributed by atoms with Crippen molar-refractivity contribution in [3.8, 4) is 11.1 Å². The topological polar surface area (TPSA) is 75.6 Å². The largest absolute Gasteiger partial charge is 0.481 e. The molecule has 3 aromatic carbocycles. The van der Waals surface area contributed by atoms with Gasteiger partial charge in [0.2, 0.25) is 0 Å². The fourth-order valence-corrected chi connectivity index (χ4v) is 4.56. The van der Waals surface area contributed by atoms with Crippen LogP contribution in [0.3, 0.4) is 0 Å². The van der Waals surface area contributed by atoms with Gasteiger partial charge in [0.15, 0.2) is 0 Å². The second kappa shape index (κ2) is 8.64. The molecule has 2 N–H and O–H groups in total. The van der Waals surface area contributed by atoms with Crippen LogP contribution < -0.4 is 5.32 Å². The zero-order valence-corrected chi connectivity index (χ0v) is 17.6. The van der Waals surface area contributed by atoms with Gasteiger partial charge in [0.1, 0.15) is 6.61 Å². The van der Waals surface area contributed by atoms with Gasteiger partial charge in [-0.2, -0.15) is 0 Å². The lowest BCUT2D eigenvalue weighted by molar-refractivity contribution is -0.137. The number of nitrogens with one attached hydrogen (secondary N) is 1. The minimum atomic E-state index is -0.980. The zero-order chi connectivity index (χ0) is 22.0. The molecule has 4 rings (SSSR count). The van der Waals surface area contributed by atoms with Crippen LogP contribution in [0.5, 0.6) is 0 Å². The van der Waals surface area contributed by atoms with Crippen LogP contribution in [-0.2, 0) is 9.53 Å². The van der Waals surface area contributed by atoms with Crippen LogP contribution in [-0.4, -0.2) is 23.8 Å². The Balaban J connectivity index is 1.51. The maximum Gasteiger partial charge on any atom is 0.407 e. The van der Waals surface area contributed by atoms with Gasteiger partial charge in [0, 0.05) is 5.92 Å². The maximum absolute atomic E-state index is 12.7. The number of alkyl carbamates (subject to hydrolysis) is 1. The number of carbonyl (C=O) groups excluding carboxylic acids is 1. The molecule has 0 unspecified atom stereocenters. The van der Waals surface area contributed by atoms with E-state index in [9.17, 15) is 14.7 Å². The van der Waals surface area contributed by atoms with Gasteiger partial charge in [0.05, 0.1) is 12.5 Å².